The fourth-order valence-electron chi connectivity index (χ4n) is 8.48. The molecule has 2 nitrogen and oxygen atoms in total. The molecule has 3 heteroatoms. The van der Waals surface area contributed by atoms with Gasteiger partial charge < -0.3 is 0 Å². The molecule has 0 amide bonds. The van der Waals surface area contributed by atoms with E-state index in [-0.39, 0.29) is 0 Å². The molecular weight excluding hydrogens is 685 g/mol. The fraction of sp³-hybridized carbons (Fsp3) is 0.0385. The van der Waals surface area contributed by atoms with Crippen LogP contribution in [0.1, 0.15) is 22.4 Å². The average Bonchev–Trinajstić information content (AvgIpc) is 3.65. The number of benzene rings is 8. The summed E-state index contributed by atoms with van der Waals surface area (Å²) in [6.45, 7) is 0. The van der Waals surface area contributed by atoms with Gasteiger partial charge in [-0.15, -0.1) is 11.3 Å². The lowest BCUT2D eigenvalue weighted by atomic mass is 9.89. The van der Waals surface area contributed by atoms with Crippen LogP contribution in [0.2, 0.25) is 0 Å². The summed E-state index contributed by atoms with van der Waals surface area (Å²) in [5.41, 5.74) is 15.2. The standard InChI is InChI=1S/C52H34N2S/c1-3-13-33(14-4-1)37-25-26-49-46(29-37)47-31-40(34-15-5-2-6-16-34)30-45(52(47)55-49)38-19-11-17-35(27-38)36-18-12-20-39(28-36)48-32-53-50-43-23-9-7-21-41(43)42-22-8-10-24-44(42)51(50)54-48/h1-24,27-32H,25-26H2. The quantitative estimate of drug-likeness (QED) is 0.166. The summed E-state index contributed by atoms with van der Waals surface area (Å²) in [4.78, 5) is 11.8. The van der Waals surface area contributed by atoms with E-state index in [4.69, 9.17) is 9.97 Å². The smallest absolute Gasteiger partial charge is 0.0979 e. The first-order chi connectivity index (χ1) is 27.2. The maximum atomic E-state index is 5.29. The van der Waals surface area contributed by atoms with Gasteiger partial charge in [0.1, 0.15) is 0 Å². The van der Waals surface area contributed by atoms with E-state index < -0.39 is 0 Å². The number of hydrogen-bond acceptors (Lipinski definition) is 3. The highest BCUT2D eigenvalue weighted by molar-refractivity contribution is 7.20. The summed E-state index contributed by atoms with van der Waals surface area (Å²) in [7, 11) is 0. The van der Waals surface area contributed by atoms with Crippen molar-refractivity contribution >= 4 is 65.7 Å². The molecule has 0 spiro atoms. The molecule has 2 aromatic heterocycles. The SMILES string of the molecule is C1=C(c2ccccc2)CCc2sc3c(-c4cccc(-c5cccc(-c6cnc7c8ccccc8c8ccccc8c7n6)c5)c4)cc(-c4ccccc4)cc3c21. The van der Waals surface area contributed by atoms with Crippen molar-refractivity contribution in [3.05, 3.63) is 192 Å². The zero-order valence-corrected chi connectivity index (χ0v) is 30.9. The largest absolute Gasteiger partial charge is 0.252 e. The first kappa shape index (κ1) is 31.8. The molecule has 0 unspecified atom stereocenters. The molecule has 55 heavy (non-hydrogen) atoms. The van der Waals surface area contributed by atoms with Crippen LogP contribution in [0.5, 0.6) is 0 Å². The number of hydrogen-bond donors (Lipinski definition) is 0. The van der Waals surface area contributed by atoms with E-state index in [1.165, 1.54) is 70.3 Å². The molecule has 2 heterocycles. The van der Waals surface area contributed by atoms with Crippen molar-refractivity contribution in [2.45, 2.75) is 12.8 Å². The number of rotatable bonds is 5. The first-order valence-electron chi connectivity index (χ1n) is 18.9. The highest BCUT2D eigenvalue weighted by Gasteiger charge is 2.21. The van der Waals surface area contributed by atoms with Crippen molar-refractivity contribution in [2.75, 3.05) is 0 Å². The van der Waals surface area contributed by atoms with Crippen LogP contribution in [0.25, 0.3) is 99.0 Å². The van der Waals surface area contributed by atoms with Crippen LogP contribution in [0.4, 0.5) is 0 Å². The van der Waals surface area contributed by atoms with Gasteiger partial charge in [0.2, 0.25) is 0 Å². The van der Waals surface area contributed by atoms with Crippen molar-refractivity contribution in [3.63, 3.8) is 0 Å². The van der Waals surface area contributed by atoms with E-state index >= 15 is 0 Å². The predicted molar refractivity (Wildman–Crippen MR) is 234 cm³/mol. The Kier molecular flexibility index (Phi) is 7.53. The molecule has 0 saturated heterocycles. The van der Waals surface area contributed by atoms with Crippen molar-refractivity contribution in [3.8, 4) is 44.6 Å². The molecule has 1 aliphatic rings. The minimum absolute atomic E-state index is 0.871. The molecule has 0 aliphatic heterocycles. The molecule has 258 valence electrons. The van der Waals surface area contributed by atoms with E-state index in [1.807, 2.05) is 17.5 Å². The number of nitrogens with zero attached hydrogens (tertiary/aromatic N) is 2. The van der Waals surface area contributed by atoms with Crippen LogP contribution in [-0.2, 0) is 6.42 Å². The summed E-state index contributed by atoms with van der Waals surface area (Å²) in [5, 5.41) is 6.00. The van der Waals surface area contributed by atoms with Crippen molar-refractivity contribution in [1.82, 2.24) is 9.97 Å². The van der Waals surface area contributed by atoms with E-state index in [9.17, 15) is 0 Å². The van der Waals surface area contributed by atoms with Gasteiger partial charge in [-0.05, 0) is 98.5 Å². The summed E-state index contributed by atoms with van der Waals surface area (Å²) in [5.74, 6) is 0. The lowest BCUT2D eigenvalue weighted by molar-refractivity contribution is 1.03. The van der Waals surface area contributed by atoms with Crippen LogP contribution in [-0.4, -0.2) is 9.97 Å². The molecule has 0 radical (unpaired) electrons. The zero-order chi connectivity index (χ0) is 36.3. The minimum atomic E-state index is 0.871. The van der Waals surface area contributed by atoms with Gasteiger partial charge in [0.25, 0.3) is 0 Å². The molecule has 0 atom stereocenters. The van der Waals surface area contributed by atoms with Crippen molar-refractivity contribution < 1.29 is 0 Å². The molecule has 0 saturated carbocycles. The number of thiophene rings is 1. The van der Waals surface area contributed by atoms with Crippen molar-refractivity contribution in [1.29, 1.82) is 0 Å². The van der Waals surface area contributed by atoms with Gasteiger partial charge in [-0.2, -0.15) is 0 Å². The molecule has 10 aromatic rings. The van der Waals surface area contributed by atoms with Crippen LogP contribution < -0.4 is 0 Å². The van der Waals surface area contributed by atoms with Crippen LogP contribution in [0, 0.1) is 0 Å². The highest BCUT2D eigenvalue weighted by atomic mass is 32.1. The summed E-state index contributed by atoms with van der Waals surface area (Å²) in [6, 6.07) is 61.3. The Morgan fingerprint density at radius 3 is 1.73 bits per heavy atom. The Balaban J connectivity index is 1.03. The fourth-order valence-corrected chi connectivity index (χ4v) is 9.78. The summed E-state index contributed by atoms with van der Waals surface area (Å²) >= 11 is 1.97. The van der Waals surface area contributed by atoms with E-state index in [0.717, 1.165) is 51.5 Å². The Morgan fingerprint density at radius 2 is 1.00 bits per heavy atom. The first-order valence-corrected chi connectivity index (χ1v) is 19.8. The predicted octanol–water partition coefficient (Wildman–Crippen LogP) is 14.3. The molecule has 11 rings (SSSR count). The lowest BCUT2D eigenvalue weighted by Crippen LogP contribution is -1.95. The van der Waals surface area contributed by atoms with E-state index in [0.29, 0.717) is 0 Å². The zero-order valence-electron chi connectivity index (χ0n) is 30.0. The highest BCUT2D eigenvalue weighted by Crippen LogP contribution is 2.46. The van der Waals surface area contributed by atoms with Gasteiger partial charge in [-0.3, -0.25) is 4.98 Å². The normalized spacial score (nSPS) is 12.7. The number of aryl methyl sites for hydroxylation is 1. The Bertz CT molecular complexity index is 3100. The van der Waals surface area contributed by atoms with Gasteiger partial charge in [0, 0.05) is 36.9 Å². The third kappa shape index (κ3) is 5.47. The second kappa shape index (κ2) is 13.0. The topological polar surface area (TPSA) is 25.8 Å². The Hall–Kier alpha value is -6.68. The maximum absolute atomic E-state index is 5.29. The molecule has 8 aromatic carbocycles. The van der Waals surface area contributed by atoms with Gasteiger partial charge in [0.05, 0.1) is 22.9 Å². The molecule has 0 bridgehead atoms. The van der Waals surface area contributed by atoms with Crippen molar-refractivity contribution in [2.24, 2.45) is 0 Å². The molecule has 0 N–H and O–H groups in total. The Morgan fingerprint density at radius 1 is 0.418 bits per heavy atom. The molecule has 1 aliphatic carbocycles. The number of allylic oxidation sites excluding steroid dienone is 1. The monoisotopic (exact) mass is 718 g/mol. The second-order valence-electron chi connectivity index (χ2n) is 14.4. The van der Waals surface area contributed by atoms with Gasteiger partial charge >= 0.3 is 0 Å². The third-order valence-corrected chi connectivity index (χ3v) is 12.5. The maximum Gasteiger partial charge on any atom is 0.0979 e. The number of aromatic nitrogens is 2. The second-order valence-corrected chi connectivity index (χ2v) is 15.6. The van der Waals surface area contributed by atoms with Gasteiger partial charge in [-0.25, -0.2) is 4.98 Å². The molecule has 0 fully saturated rings. The Labute approximate surface area is 323 Å². The number of fused-ring (bicyclic) bond motifs is 9. The summed E-state index contributed by atoms with van der Waals surface area (Å²) < 4.78 is 1.35. The van der Waals surface area contributed by atoms with Crippen LogP contribution in [0.3, 0.4) is 0 Å². The van der Waals surface area contributed by atoms with Crippen LogP contribution in [0.15, 0.2) is 176 Å². The summed E-state index contributed by atoms with van der Waals surface area (Å²) in [6.07, 6.45) is 6.51. The third-order valence-electron chi connectivity index (χ3n) is 11.2. The van der Waals surface area contributed by atoms with E-state index in [1.54, 1.807) is 0 Å². The molecular formula is C52H34N2S. The van der Waals surface area contributed by atoms with Gasteiger partial charge in [-0.1, -0.05) is 146 Å². The van der Waals surface area contributed by atoms with Crippen LogP contribution >= 0.6 is 11.3 Å². The average molecular weight is 719 g/mol. The van der Waals surface area contributed by atoms with E-state index in [2.05, 4.69) is 176 Å². The van der Waals surface area contributed by atoms with Gasteiger partial charge in [0.15, 0.2) is 0 Å². The lowest BCUT2D eigenvalue weighted by Gasteiger charge is -2.14. The minimum Gasteiger partial charge on any atom is -0.252 e.